The summed E-state index contributed by atoms with van der Waals surface area (Å²) in [6, 6.07) is 16.3. The van der Waals surface area contributed by atoms with Gasteiger partial charge in [0, 0.05) is 44.8 Å². The molecule has 0 amide bonds. The Morgan fingerprint density at radius 3 is 1.46 bits per heavy atom. The molecule has 114 heavy (non-hydrogen) atoms. The fraction of sp³-hybridized carbons (Fsp3) is 0.531. The number of alkyl halides is 3. The first kappa shape index (κ1) is 97.0. The highest BCUT2D eigenvalue weighted by Gasteiger charge is 2.61. The lowest BCUT2D eigenvalue weighted by Gasteiger charge is -2.28. The monoisotopic (exact) mass is 1720 g/mol. The van der Waals surface area contributed by atoms with E-state index in [2.05, 4.69) is 65.7 Å². The van der Waals surface area contributed by atoms with Crippen LogP contribution in [0.15, 0.2) is 121 Å². The van der Waals surface area contributed by atoms with Crippen LogP contribution in [0.2, 0.25) is 5.02 Å². The number of hydrogen-bond acceptors (Lipinski definition) is 36. The molecule has 0 radical (unpaired) electrons. The lowest BCUT2D eigenvalue weighted by atomic mass is 10.1. The van der Waals surface area contributed by atoms with E-state index in [4.69, 9.17) is 66.3 Å². The smallest absolute Gasteiger partial charge is 0.351 e. The van der Waals surface area contributed by atoms with E-state index in [0.717, 1.165) is 37.2 Å². The van der Waals surface area contributed by atoms with E-state index in [0.29, 0.717) is 44.4 Å². The number of rotatable bonds is 40. The molecule has 3 aliphatic heterocycles. The second-order valence-corrected chi connectivity index (χ2v) is 28.0. The third-order valence-electron chi connectivity index (χ3n) is 16.2. The number of nitrogens with one attached hydrogen (secondary N) is 3. The highest BCUT2D eigenvalue weighted by atomic mass is 35.5. The first-order valence-electron chi connectivity index (χ1n) is 33.2. The first-order valence-corrected chi connectivity index (χ1v) is 39.2. The molecule has 624 valence electrons. The summed E-state index contributed by atoms with van der Waals surface area (Å²) >= 11 is 12.3. The average Bonchev–Trinajstić information content (AvgIpc) is 1.62. The summed E-state index contributed by atoms with van der Waals surface area (Å²) in [5.74, 6) is 1.20. The van der Waals surface area contributed by atoms with E-state index < -0.39 is 134 Å². The van der Waals surface area contributed by atoms with Gasteiger partial charge in [-0.2, -0.15) is 62.0 Å². The van der Waals surface area contributed by atoms with E-state index >= 15 is 4.39 Å². The molecule has 3 aliphatic rings. The zero-order chi connectivity index (χ0) is 83.3. The van der Waals surface area contributed by atoms with Crippen molar-refractivity contribution in [3.05, 3.63) is 170 Å². The van der Waals surface area contributed by atoms with Crippen molar-refractivity contribution in [3.8, 4) is 0 Å². The van der Waals surface area contributed by atoms with Crippen LogP contribution in [0.3, 0.4) is 0 Å². The van der Waals surface area contributed by atoms with E-state index in [1.807, 2.05) is 25.0 Å². The number of ether oxygens (including phenoxy) is 9. The molecule has 0 saturated carbocycles. The highest BCUT2D eigenvalue weighted by Crippen LogP contribution is 2.44. The van der Waals surface area contributed by atoms with Gasteiger partial charge in [0.2, 0.25) is 17.2 Å². The molecule has 3 saturated heterocycles. The van der Waals surface area contributed by atoms with Gasteiger partial charge >= 0.3 is 35.0 Å². The molecule has 41 nitrogen and oxygen atoms in total. The minimum Gasteiger partial charge on any atom is -0.468 e. The Morgan fingerprint density at radius 1 is 0.623 bits per heavy atom. The Hall–Kier alpha value is -9.32. The van der Waals surface area contributed by atoms with Crippen molar-refractivity contribution in [3.63, 3.8) is 0 Å². The van der Waals surface area contributed by atoms with Gasteiger partial charge in [0.15, 0.2) is 49.5 Å². The van der Waals surface area contributed by atoms with E-state index in [9.17, 15) is 77.9 Å². The zero-order valence-corrected chi connectivity index (χ0v) is 65.9. The third-order valence-corrected chi connectivity index (χ3v) is 19.0. The van der Waals surface area contributed by atoms with Crippen LogP contribution in [0.4, 0.5) is 30.6 Å². The van der Waals surface area contributed by atoms with Crippen LogP contribution in [0.25, 0.3) is 31.3 Å². The summed E-state index contributed by atoms with van der Waals surface area (Å²) in [7, 11) is 1.35. The summed E-state index contributed by atoms with van der Waals surface area (Å²) in [6.07, 6.45) is -4.85. The van der Waals surface area contributed by atoms with Gasteiger partial charge in [0.1, 0.15) is 55.5 Å². The minimum atomic E-state index is -2.44. The molecule has 5 aromatic rings. The maximum Gasteiger partial charge on any atom is 0.351 e. The van der Waals surface area contributed by atoms with Crippen molar-refractivity contribution < 1.29 is 105 Å². The normalized spacial score (nSPS) is 23.3. The van der Waals surface area contributed by atoms with Gasteiger partial charge in [0.05, 0.1) is 43.5 Å². The quantitative estimate of drug-likeness (QED) is 0.00454. The minimum absolute atomic E-state index is 0. The summed E-state index contributed by atoms with van der Waals surface area (Å²) in [6.45, 7) is -1.88. The number of carbonyl (C=O) groups excluding carboxylic acids is 6. The number of benzene rings is 2. The molecule has 16 atom stereocenters. The van der Waals surface area contributed by atoms with E-state index in [1.165, 1.54) is 85.9 Å². The van der Waals surface area contributed by atoms with Crippen LogP contribution in [0.5, 0.6) is 0 Å². The van der Waals surface area contributed by atoms with Crippen molar-refractivity contribution in [1.29, 1.82) is 0 Å². The van der Waals surface area contributed by atoms with Gasteiger partial charge in [0.25, 0.3) is 19.4 Å². The number of thioether (sulfide) groups is 4. The number of halogens is 5. The molecule has 3 fully saturated rings. The van der Waals surface area contributed by atoms with Crippen molar-refractivity contribution >= 4 is 126 Å². The standard InChI is InChI=1S/C29H28ClFN6O8S.C15H21FN6O6S.C14H19FN6O6S.C6H13NO2S.ClH/c1-46-13-11-21(15-42-17-38)33-22-10-12-37(28(41)34-22)25-23(31)24(44-27(40)18-6-3-2-4-7-18)29(45-25,35-36-32)16-43-26(39)19-8-5-9-20(30)14-19;1-29-5-3-9(6-27-8-24)18-10-2-4-22(14(26)19-10)13-11(16)12(25)15(7-23,28-13)20-21-17;1-28-5-3-9(26-7-23)17-8-2-4-21(13(25)18-8)12-10(15)11(24)14(6-22,27-12)19-20-16;1-9-6(8)5(7)3-4-10-2;/h2-10,12,14,17,21,23-25H,11,13,15-16H2,1H3,(H,33,34,41);2,4,8-9,11-13,23,25H,3,5-7H2,1H3,(H,18,19,26);2,4,7,9-12,22,24H,3,5-6H2,1H3,(H,17,18,25);5H,3-4,7H2,1-2H3;1H/t21-,23-,24?,25?,29+;9-,11-,12?,13?,15+;9-,10+,11?,12?,14-;5-;/m0010./s1. The fourth-order valence-corrected chi connectivity index (χ4v) is 12.6. The SMILES string of the molecule is COC(=O)[C@@H](N)CCSC.CSCC[C@@H](COC=O)Nc1ccn(C2O[C@@](CO)(N=[N+]=[N-])C(O)[C@@H]2F)c(=O)n1.CSCC[C@@H](COC=O)Nc1ccn(C2O[C@@](COC(=O)c3cccc(Cl)c3)(N=[N+]=[N-])C(OC(=O)c3ccccc3)[C@@H]2F)c(=O)n1.CSCC[C@H](Nc1ccn(C2O[C@@](CO)(N=[N+]=[N-])C(O)[C@@H]2F)c(=O)n1)OC=O.Cl. The number of methoxy groups -OCH3 is 1. The van der Waals surface area contributed by atoms with Gasteiger partial charge < -0.3 is 84.7 Å². The van der Waals surface area contributed by atoms with Gasteiger partial charge in [-0.25, -0.2) is 37.1 Å². The molecule has 50 heteroatoms. The van der Waals surface area contributed by atoms with Crippen molar-refractivity contribution in [2.75, 3.05) is 104 Å². The molecule has 0 aliphatic carbocycles. The number of aliphatic hydroxyl groups excluding tert-OH is 4. The number of hydrogen-bond donors (Lipinski definition) is 8. The molecular weight excluding hydrogens is 1640 g/mol. The molecule has 0 spiro atoms. The lowest BCUT2D eigenvalue weighted by Crippen LogP contribution is -2.47. The molecule has 6 heterocycles. The van der Waals surface area contributed by atoms with Gasteiger partial charge in [-0.3, -0.25) is 32.9 Å². The van der Waals surface area contributed by atoms with Crippen LogP contribution in [0.1, 0.15) is 65.1 Å². The Balaban J connectivity index is 0.000000350. The molecule has 6 unspecified atom stereocenters. The summed E-state index contributed by atoms with van der Waals surface area (Å²) in [5, 5.41) is 57.5. The number of aliphatic hydroxyl groups is 4. The predicted molar refractivity (Wildman–Crippen MR) is 412 cm³/mol. The number of carbonyl (C=O) groups is 6. The van der Waals surface area contributed by atoms with Crippen molar-refractivity contribution in [2.24, 2.45) is 21.1 Å². The predicted octanol–water partition coefficient (Wildman–Crippen LogP) is 5.53. The Kier molecular flexibility index (Phi) is 42.1. The molecular formula is C64H82Cl2F3N19O22S4. The van der Waals surface area contributed by atoms with E-state index in [-0.39, 0.29) is 83.7 Å². The second-order valence-electron chi connectivity index (χ2n) is 23.6. The average molecular weight is 1730 g/mol. The zero-order valence-electron chi connectivity index (χ0n) is 61.1. The molecule has 0 bridgehead atoms. The molecule has 2 aromatic carbocycles. The Labute approximate surface area is 674 Å². The number of nitrogens with zero attached hydrogens (tertiary/aromatic N) is 15. The van der Waals surface area contributed by atoms with Gasteiger partial charge in [-0.05, 0) is 132 Å². The molecule has 8 rings (SSSR count). The van der Waals surface area contributed by atoms with Crippen LogP contribution >= 0.6 is 71.1 Å². The van der Waals surface area contributed by atoms with Crippen molar-refractivity contribution in [2.45, 2.75) is 123 Å². The number of anilines is 3. The topological polar surface area (TPSA) is 579 Å². The largest absolute Gasteiger partial charge is 0.468 e. The van der Waals surface area contributed by atoms with Crippen LogP contribution < -0.4 is 38.8 Å². The second kappa shape index (κ2) is 49.4. The number of aromatic nitrogens is 6. The Bertz CT molecular complexity index is 4270. The van der Waals surface area contributed by atoms with Crippen LogP contribution in [0, 0.1) is 0 Å². The maximum atomic E-state index is 16.3. The van der Waals surface area contributed by atoms with Crippen LogP contribution in [-0.4, -0.2) is 253 Å². The summed E-state index contributed by atoms with van der Waals surface area (Å²) in [4.78, 5) is 125. The van der Waals surface area contributed by atoms with Gasteiger partial charge in [-0.15, -0.1) is 12.4 Å². The summed E-state index contributed by atoms with van der Waals surface area (Å²) in [5.41, 5.74) is 22.4. The number of esters is 3. The molecule has 9 N–H and O–H groups in total. The fourth-order valence-electron chi connectivity index (χ4n) is 10.4. The van der Waals surface area contributed by atoms with E-state index in [1.54, 1.807) is 53.5 Å². The maximum absolute atomic E-state index is 16.3. The van der Waals surface area contributed by atoms with Crippen LogP contribution in [-0.2, 0) is 61.8 Å². The van der Waals surface area contributed by atoms with Crippen molar-refractivity contribution in [1.82, 2.24) is 28.7 Å². The number of nitrogens with two attached hydrogens (primary N) is 1. The first-order chi connectivity index (χ1) is 54.3. The Morgan fingerprint density at radius 2 is 1.04 bits per heavy atom. The number of azide groups is 3. The van der Waals surface area contributed by atoms with Gasteiger partial charge in [-0.1, -0.05) is 51.2 Å². The molecule has 3 aromatic heterocycles. The summed E-state index contributed by atoms with van der Waals surface area (Å²) < 4.78 is 93.5. The lowest BCUT2D eigenvalue weighted by molar-refractivity contribution is -0.142. The third kappa shape index (κ3) is 27.2. The highest BCUT2D eigenvalue weighted by molar-refractivity contribution is 7.99.